The Kier molecular flexibility index (Phi) is 4.89. The molecule has 0 spiro atoms. The van der Waals surface area contributed by atoms with E-state index in [1.807, 2.05) is 24.3 Å². The molecule has 4 rings (SSSR count). The van der Waals surface area contributed by atoms with Crippen molar-refractivity contribution < 1.29 is 9.53 Å². The van der Waals surface area contributed by atoms with Gasteiger partial charge in [0, 0.05) is 7.05 Å². The van der Waals surface area contributed by atoms with Gasteiger partial charge in [0.1, 0.15) is 12.4 Å². The Morgan fingerprint density at radius 2 is 2.04 bits per heavy atom. The maximum Gasteiger partial charge on any atom is 0.305 e. The van der Waals surface area contributed by atoms with Crippen LogP contribution in [0.4, 0.5) is 5.82 Å². The number of hydrogen-bond donors (Lipinski definition) is 2. The number of thiol groups is 1. The molecule has 1 amide bonds. The lowest BCUT2D eigenvalue weighted by Gasteiger charge is -2.09. The number of fused-ring (bicyclic) bond motifs is 1. The van der Waals surface area contributed by atoms with Crippen molar-refractivity contribution in [3.05, 3.63) is 48.2 Å². The van der Waals surface area contributed by atoms with Crippen molar-refractivity contribution in [3.8, 4) is 12.0 Å². The van der Waals surface area contributed by atoms with Crippen molar-refractivity contribution in [1.29, 1.82) is 0 Å². The molecule has 0 atom stereocenters. The molecule has 0 saturated carbocycles. The molecule has 0 unspecified atom stereocenters. The predicted octanol–water partition coefficient (Wildman–Crippen LogP) is 1.39. The molecule has 1 N–H and O–H groups in total. The number of nitrogens with zero attached hydrogens (tertiary/aromatic N) is 7. The van der Waals surface area contributed by atoms with Gasteiger partial charge in [-0.15, -0.1) is 0 Å². The largest absolute Gasteiger partial charge is 0.458 e. The number of hydrogen-bond acceptors (Lipinski definition) is 8. The Bertz CT molecular complexity index is 1140. The summed E-state index contributed by atoms with van der Waals surface area (Å²) in [6, 6.07) is 13.2. The Balaban J connectivity index is 1.63. The molecule has 3 heterocycles. The van der Waals surface area contributed by atoms with Crippen LogP contribution >= 0.6 is 12.6 Å². The molecule has 0 radical (unpaired) electrons. The summed E-state index contributed by atoms with van der Waals surface area (Å²) in [5, 5.41) is 14.3. The average molecular weight is 396 g/mol. The fraction of sp³-hybridized carbons (Fsp3) is 0.176. The van der Waals surface area contributed by atoms with Gasteiger partial charge in [-0.05, 0) is 34.7 Å². The molecular formula is C17H16N8O2S. The van der Waals surface area contributed by atoms with Gasteiger partial charge in [-0.1, -0.05) is 23.3 Å². The molecule has 3 aromatic heterocycles. The first-order valence-electron chi connectivity index (χ1n) is 8.35. The van der Waals surface area contributed by atoms with Crippen molar-refractivity contribution in [2.45, 2.75) is 6.61 Å². The van der Waals surface area contributed by atoms with E-state index in [2.05, 4.69) is 43.4 Å². The highest BCUT2D eigenvalue weighted by molar-refractivity contribution is 7.81. The molecule has 11 heteroatoms. The van der Waals surface area contributed by atoms with Gasteiger partial charge >= 0.3 is 6.01 Å². The van der Waals surface area contributed by atoms with E-state index in [9.17, 15) is 4.79 Å². The highest BCUT2D eigenvalue weighted by atomic mass is 32.1. The van der Waals surface area contributed by atoms with Crippen LogP contribution in [0, 0.1) is 0 Å². The number of tetrazole rings is 1. The molecule has 0 bridgehead atoms. The van der Waals surface area contributed by atoms with Gasteiger partial charge in [-0.25, -0.2) is 14.2 Å². The molecule has 28 heavy (non-hydrogen) atoms. The first-order chi connectivity index (χ1) is 13.7. The number of aryl methyl sites for hydroxylation is 1. The highest BCUT2D eigenvalue weighted by Crippen LogP contribution is 2.25. The van der Waals surface area contributed by atoms with E-state index in [-0.39, 0.29) is 18.3 Å². The van der Waals surface area contributed by atoms with Gasteiger partial charge in [-0.2, -0.15) is 17.6 Å². The minimum atomic E-state index is -0.231. The van der Waals surface area contributed by atoms with Gasteiger partial charge in [0.2, 0.25) is 5.91 Å². The third-order valence-electron chi connectivity index (χ3n) is 3.89. The molecule has 0 fully saturated rings. The van der Waals surface area contributed by atoms with Crippen LogP contribution in [-0.4, -0.2) is 46.4 Å². The smallest absolute Gasteiger partial charge is 0.305 e. The highest BCUT2D eigenvalue weighted by Gasteiger charge is 2.18. The topological polar surface area (TPSA) is 113 Å². The summed E-state index contributed by atoms with van der Waals surface area (Å²) < 4.78 is 9.20. The number of rotatable bonds is 6. The monoisotopic (exact) mass is 396 g/mol. The van der Waals surface area contributed by atoms with Gasteiger partial charge in [-0.3, -0.25) is 4.79 Å². The first kappa shape index (κ1) is 17.9. The number of amides is 1. The third kappa shape index (κ3) is 3.51. The molecule has 10 nitrogen and oxygen atoms in total. The maximum absolute atomic E-state index is 11.5. The van der Waals surface area contributed by atoms with Crippen molar-refractivity contribution >= 4 is 35.4 Å². The summed E-state index contributed by atoms with van der Waals surface area (Å²) in [6.07, 6.45) is 0. The molecule has 0 aliphatic rings. The number of anilines is 1. The Labute approximate surface area is 165 Å². The SMILES string of the molecule is Cn1nnnc1-n1c(OCc2cccc(NC(=O)CS)n2)nc2ccccc21. The van der Waals surface area contributed by atoms with Crippen LogP contribution in [0.15, 0.2) is 42.5 Å². The molecule has 4 aromatic rings. The van der Waals surface area contributed by atoms with E-state index in [4.69, 9.17) is 4.74 Å². The summed E-state index contributed by atoms with van der Waals surface area (Å²) in [5.41, 5.74) is 2.20. The number of carbonyl (C=O) groups is 1. The molecule has 0 aliphatic carbocycles. The number of benzene rings is 1. The lowest BCUT2D eigenvalue weighted by molar-refractivity contribution is -0.113. The summed E-state index contributed by atoms with van der Waals surface area (Å²) >= 11 is 3.94. The maximum atomic E-state index is 11.5. The molecule has 1 aromatic carbocycles. The molecule has 0 saturated heterocycles. The van der Waals surface area contributed by atoms with Crippen LogP contribution in [0.1, 0.15) is 5.69 Å². The average Bonchev–Trinajstić information content (AvgIpc) is 3.29. The predicted molar refractivity (Wildman–Crippen MR) is 104 cm³/mol. The van der Waals surface area contributed by atoms with Crippen LogP contribution in [0.3, 0.4) is 0 Å². The van der Waals surface area contributed by atoms with E-state index in [0.29, 0.717) is 23.5 Å². The van der Waals surface area contributed by atoms with Crippen molar-refractivity contribution in [2.24, 2.45) is 7.05 Å². The Morgan fingerprint density at radius 1 is 1.18 bits per heavy atom. The quantitative estimate of drug-likeness (QED) is 0.474. The number of aromatic nitrogens is 7. The summed E-state index contributed by atoms with van der Waals surface area (Å²) in [6.45, 7) is 0.152. The van der Waals surface area contributed by atoms with Crippen LogP contribution in [0.5, 0.6) is 6.01 Å². The standard InChI is InChI=1S/C17H16N8O2S/c1-24-16(21-22-23-24)25-13-7-3-2-6-12(13)19-17(25)27-9-11-5-4-8-14(18-11)20-15(26)10-28/h2-8,28H,9-10H2,1H3,(H,18,20,26). The number of imidazole rings is 1. The Morgan fingerprint density at radius 3 is 2.82 bits per heavy atom. The van der Waals surface area contributed by atoms with Crippen molar-refractivity contribution in [3.63, 3.8) is 0 Å². The van der Waals surface area contributed by atoms with Gasteiger partial charge in [0.15, 0.2) is 0 Å². The van der Waals surface area contributed by atoms with Crippen molar-refractivity contribution in [1.82, 2.24) is 34.7 Å². The second-order valence-electron chi connectivity index (χ2n) is 5.83. The lowest BCUT2D eigenvalue weighted by Crippen LogP contribution is -2.14. The lowest BCUT2D eigenvalue weighted by atomic mass is 10.3. The number of ether oxygens (including phenoxy) is 1. The van der Waals surface area contributed by atoms with Gasteiger partial charge in [0.05, 0.1) is 22.5 Å². The number of carbonyl (C=O) groups excluding carboxylic acids is 1. The Hall–Kier alpha value is -3.47. The number of pyridine rings is 1. The van der Waals surface area contributed by atoms with Gasteiger partial charge in [0.25, 0.3) is 5.95 Å². The third-order valence-corrected chi connectivity index (χ3v) is 4.18. The minimum absolute atomic E-state index is 0.0815. The summed E-state index contributed by atoms with van der Waals surface area (Å²) in [4.78, 5) is 20.4. The van der Waals surface area contributed by atoms with E-state index in [0.717, 1.165) is 11.0 Å². The van der Waals surface area contributed by atoms with E-state index in [1.165, 1.54) is 4.68 Å². The van der Waals surface area contributed by atoms with Gasteiger partial charge < -0.3 is 10.1 Å². The number of nitrogens with one attached hydrogen (secondary N) is 1. The van der Waals surface area contributed by atoms with Crippen LogP contribution in [0.2, 0.25) is 0 Å². The van der Waals surface area contributed by atoms with E-state index in [1.54, 1.807) is 29.8 Å². The molecular weight excluding hydrogens is 380 g/mol. The zero-order chi connectivity index (χ0) is 19.5. The first-order valence-corrected chi connectivity index (χ1v) is 8.98. The fourth-order valence-electron chi connectivity index (χ4n) is 2.66. The van der Waals surface area contributed by atoms with Crippen LogP contribution in [0.25, 0.3) is 17.0 Å². The fourth-order valence-corrected chi connectivity index (χ4v) is 2.74. The van der Waals surface area contributed by atoms with Crippen LogP contribution in [-0.2, 0) is 18.4 Å². The zero-order valence-corrected chi connectivity index (χ0v) is 15.7. The number of para-hydroxylation sites is 2. The summed E-state index contributed by atoms with van der Waals surface area (Å²) in [7, 11) is 1.74. The van der Waals surface area contributed by atoms with Crippen LogP contribution < -0.4 is 10.1 Å². The normalized spacial score (nSPS) is 10.9. The second-order valence-corrected chi connectivity index (χ2v) is 6.15. The zero-order valence-electron chi connectivity index (χ0n) is 14.8. The molecule has 0 aliphatic heterocycles. The minimum Gasteiger partial charge on any atom is -0.458 e. The van der Waals surface area contributed by atoms with E-state index < -0.39 is 0 Å². The summed E-state index contributed by atoms with van der Waals surface area (Å²) in [5.74, 6) is 0.765. The van der Waals surface area contributed by atoms with E-state index >= 15 is 0 Å². The van der Waals surface area contributed by atoms with Crippen molar-refractivity contribution in [2.75, 3.05) is 11.1 Å². The second kappa shape index (κ2) is 7.64. The molecule has 142 valence electrons.